The predicted molar refractivity (Wildman–Crippen MR) is 75.7 cm³/mol. The zero-order valence-corrected chi connectivity index (χ0v) is 11.8. The molecule has 0 aromatic carbocycles. The maximum atomic E-state index is 10.8. The van der Waals surface area contributed by atoms with E-state index in [1.54, 1.807) is 6.07 Å². The number of carbonyl (C=O) groups is 1. The van der Waals surface area contributed by atoms with Gasteiger partial charge in [-0.1, -0.05) is 0 Å². The van der Waals surface area contributed by atoms with Gasteiger partial charge in [-0.2, -0.15) is 0 Å². The zero-order chi connectivity index (χ0) is 14.1. The molecule has 20 heavy (non-hydrogen) atoms. The molecule has 0 radical (unpaired) electrons. The van der Waals surface area contributed by atoms with Crippen molar-refractivity contribution in [2.24, 2.45) is 0 Å². The van der Waals surface area contributed by atoms with Crippen molar-refractivity contribution in [1.29, 1.82) is 0 Å². The Morgan fingerprint density at radius 1 is 1.45 bits per heavy atom. The van der Waals surface area contributed by atoms with Crippen molar-refractivity contribution >= 4 is 5.97 Å². The second-order valence-corrected chi connectivity index (χ2v) is 5.91. The molecule has 5 heteroatoms. The maximum Gasteiger partial charge on any atom is 0.337 e. The van der Waals surface area contributed by atoms with E-state index in [1.165, 1.54) is 25.6 Å². The highest BCUT2D eigenvalue weighted by Gasteiger charge is 2.34. The molecule has 0 spiro atoms. The van der Waals surface area contributed by atoms with Gasteiger partial charge in [0, 0.05) is 37.9 Å². The molecular formula is C15H21N3O2. The van der Waals surface area contributed by atoms with Crippen molar-refractivity contribution in [1.82, 2.24) is 14.8 Å². The lowest BCUT2D eigenvalue weighted by Crippen LogP contribution is -2.54. The number of rotatable bonds is 3. The minimum atomic E-state index is -0.919. The number of carboxylic acid groups (broad SMARTS) is 1. The lowest BCUT2D eigenvalue weighted by atomic mass is 10.1. The van der Waals surface area contributed by atoms with Gasteiger partial charge in [0.2, 0.25) is 0 Å². The summed E-state index contributed by atoms with van der Waals surface area (Å²) in [6.07, 6.45) is 4.07. The van der Waals surface area contributed by atoms with E-state index < -0.39 is 5.97 Å². The largest absolute Gasteiger partial charge is 0.478 e. The van der Waals surface area contributed by atoms with Gasteiger partial charge in [0.15, 0.2) is 0 Å². The monoisotopic (exact) mass is 275 g/mol. The smallest absolute Gasteiger partial charge is 0.337 e. The van der Waals surface area contributed by atoms with Gasteiger partial charge >= 0.3 is 5.97 Å². The standard InChI is InChI=1S/C15H21N3O2/c1-11-8-17-6-2-3-14(17)10-18(11)9-13-5-4-12(7-16-13)15(19)20/h4-5,7,11,14H,2-3,6,8-10H2,1H3,(H,19,20). The van der Waals surface area contributed by atoms with Crippen molar-refractivity contribution in [2.45, 2.75) is 38.4 Å². The topological polar surface area (TPSA) is 56.7 Å². The van der Waals surface area contributed by atoms with E-state index in [1.807, 2.05) is 6.07 Å². The predicted octanol–water partition coefficient (Wildman–Crippen LogP) is 1.45. The van der Waals surface area contributed by atoms with Gasteiger partial charge < -0.3 is 5.11 Å². The van der Waals surface area contributed by atoms with Gasteiger partial charge in [-0.15, -0.1) is 0 Å². The van der Waals surface area contributed by atoms with Crippen LogP contribution in [0.2, 0.25) is 0 Å². The third-order valence-corrected chi connectivity index (χ3v) is 4.50. The Labute approximate surface area is 119 Å². The number of aromatic nitrogens is 1. The summed E-state index contributed by atoms with van der Waals surface area (Å²) in [6, 6.07) is 4.70. The third kappa shape index (κ3) is 2.69. The number of nitrogens with zero attached hydrogens (tertiary/aromatic N) is 3. The third-order valence-electron chi connectivity index (χ3n) is 4.50. The van der Waals surface area contributed by atoms with Crippen LogP contribution in [0.15, 0.2) is 18.3 Å². The van der Waals surface area contributed by atoms with Gasteiger partial charge in [-0.3, -0.25) is 14.8 Å². The number of hydrogen-bond donors (Lipinski definition) is 1. The van der Waals surface area contributed by atoms with Crippen LogP contribution >= 0.6 is 0 Å². The van der Waals surface area contributed by atoms with E-state index in [2.05, 4.69) is 21.7 Å². The molecule has 108 valence electrons. The van der Waals surface area contributed by atoms with Crippen LogP contribution in [-0.4, -0.2) is 57.6 Å². The van der Waals surface area contributed by atoms with Gasteiger partial charge in [0.1, 0.15) is 0 Å². The maximum absolute atomic E-state index is 10.8. The summed E-state index contributed by atoms with van der Waals surface area (Å²) < 4.78 is 0. The van der Waals surface area contributed by atoms with Gasteiger partial charge in [0.05, 0.1) is 11.3 Å². The number of fused-ring (bicyclic) bond motifs is 1. The van der Waals surface area contributed by atoms with Crippen LogP contribution < -0.4 is 0 Å². The first-order valence-electron chi connectivity index (χ1n) is 7.30. The van der Waals surface area contributed by atoms with Crippen LogP contribution in [0.5, 0.6) is 0 Å². The van der Waals surface area contributed by atoms with Crippen molar-refractivity contribution in [3.05, 3.63) is 29.6 Å². The van der Waals surface area contributed by atoms with Crippen LogP contribution in [-0.2, 0) is 6.54 Å². The molecule has 2 unspecified atom stereocenters. The normalized spacial score (nSPS) is 27.4. The van der Waals surface area contributed by atoms with Crippen molar-refractivity contribution in [3.8, 4) is 0 Å². The van der Waals surface area contributed by atoms with Crippen molar-refractivity contribution in [3.63, 3.8) is 0 Å². The summed E-state index contributed by atoms with van der Waals surface area (Å²) in [5.41, 5.74) is 1.20. The fourth-order valence-electron chi connectivity index (χ4n) is 3.32. The SMILES string of the molecule is CC1CN2CCCC2CN1Cc1ccc(C(=O)O)cn1. The summed E-state index contributed by atoms with van der Waals surface area (Å²) >= 11 is 0. The Hall–Kier alpha value is -1.46. The number of aromatic carboxylic acids is 1. The molecule has 1 aromatic heterocycles. The van der Waals surface area contributed by atoms with Crippen LogP contribution in [0, 0.1) is 0 Å². The molecule has 0 aliphatic carbocycles. The molecule has 2 atom stereocenters. The molecule has 5 nitrogen and oxygen atoms in total. The van der Waals surface area contributed by atoms with Crippen molar-refractivity contribution in [2.75, 3.05) is 19.6 Å². The summed E-state index contributed by atoms with van der Waals surface area (Å²) in [6.45, 7) is 6.56. The van der Waals surface area contributed by atoms with Gasteiger partial charge in [-0.25, -0.2) is 4.79 Å². The Morgan fingerprint density at radius 3 is 3.00 bits per heavy atom. The van der Waals surface area contributed by atoms with Crippen LogP contribution in [0.1, 0.15) is 35.8 Å². The second-order valence-electron chi connectivity index (χ2n) is 5.91. The molecule has 1 N–H and O–H groups in total. The molecule has 0 saturated carbocycles. The first-order chi connectivity index (χ1) is 9.63. The highest BCUT2D eigenvalue weighted by Crippen LogP contribution is 2.25. The Balaban J connectivity index is 1.66. The second kappa shape index (κ2) is 5.50. The van der Waals surface area contributed by atoms with E-state index in [0.717, 1.165) is 25.3 Å². The lowest BCUT2D eigenvalue weighted by Gasteiger charge is -2.42. The quantitative estimate of drug-likeness (QED) is 0.905. The van der Waals surface area contributed by atoms with Crippen LogP contribution in [0.4, 0.5) is 0 Å². The zero-order valence-electron chi connectivity index (χ0n) is 11.8. The highest BCUT2D eigenvalue weighted by molar-refractivity contribution is 5.87. The average Bonchev–Trinajstić information content (AvgIpc) is 2.87. The first-order valence-corrected chi connectivity index (χ1v) is 7.30. The molecule has 0 bridgehead atoms. The van der Waals surface area contributed by atoms with E-state index in [9.17, 15) is 4.79 Å². The molecule has 2 aliphatic rings. The van der Waals surface area contributed by atoms with Crippen LogP contribution in [0.25, 0.3) is 0 Å². The Kier molecular flexibility index (Phi) is 3.72. The molecule has 1 aromatic rings. The number of piperazine rings is 1. The molecule has 2 fully saturated rings. The van der Waals surface area contributed by atoms with Crippen molar-refractivity contribution < 1.29 is 9.90 Å². The van der Waals surface area contributed by atoms with E-state index >= 15 is 0 Å². The Bertz CT molecular complexity index is 488. The van der Waals surface area contributed by atoms with Crippen LogP contribution in [0.3, 0.4) is 0 Å². The summed E-state index contributed by atoms with van der Waals surface area (Å²) in [4.78, 5) is 20.2. The fourth-order valence-corrected chi connectivity index (χ4v) is 3.32. The number of carboxylic acids is 1. The van der Waals surface area contributed by atoms with Gasteiger partial charge in [-0.05, 0) is 38.4 Å². The minimum Gasteiger partial charge on any atom is -0.478 e. The molecule has 2 saturated heterocycles. The van der Waals surface area contributed by atoms with E-state index in [0.29, 0.717) is 12.1 Å². The Morgan fingerprint density at radius 2 is 2.30 bits per heavy atom. The first kappa shape index (κ1) is 13.5. The number of hydrogen-bond acceptors (Lipinski definition) is 4. The number of pyridine rings is 1. The minimum absolute atomic E-state index is 0.252. The van der Waals surface area contributed by atoms with E-state index in [-0.39, 0.29) is 5.56 Å². The molecule has 3 heterocycles. The summed E-state index contributed by atoms with van der Waals surface area (Å²) in [7, 11) is 0. The summed E-state index contributed by atoms with van der Waals surface area (Å²) in [5.74, 6) is -0.919. The molecule has 0 amide bonds. The summed E-state index contributed by atoms with van der Waals surface area (Å²) in [5, 5.41) is 8.89. The molecule has 2 aliphatic heterocycles. The lowest BCUT2D eigenvalue weighted by molar-refractivity contribution is 0.0531. The average molecular weight is 275 g/mol. The van der Waals surface area contributed by atoms with E-state index in [4.69, 9.17) is 5.11 Å². The van der Waals surface area contributed by atoms with Gasteiger partial charge in [0.25, 0.3) is 0 Å². The molecule has 3 rings (SSSR count). The fraction of sp³-hybridized carbons (Fsp3) is 0.600. The highest BCUT2D eigenvalue weighted by atomic mass is 16.4. The molecular weight excluding hydrogens is 254 g/mol.